The number of nitrogens with zero attached hydrogens (tertiary/aromatic N) is 1. The highest BCUT2D eigenvalue weighted by Crippen LogP contribution is 2.23. The summed E-state index contributed by atoms with van der Waals surface area (Å²) in [6.45, 7) is 1.97. The molecule has 0 radical (unpaired) electrons. The Morgan fingerprint density at radius 3 is 2.74 bits per heavy atom. The molecule has 0 atom stereocenters. The maximum absolute atomic E-state index is 12.1. The first-order valence-electron chi connectivity index (χ1n) is 5.36. The minimum atomic E-state index is -0.329. The third-order valence-corrected chi connectivity index (χ3v) is 3.86. The van der Waals surface area contributed by atoms with E-state index in [1.54, 1.807) is 0 Å². The zero-order valence-electron chi connectivity index (χ0n) is 9.88. The number of carbonyl (C=O) groups excluding carboxylic acids is 1. The molecule has 0 aliphatic rings. The number of aryl methyl sites for hydroxylation is 1. The number of aromatic nitrogens is 1. The van der Waals surface area contributed by atoms with Crippen LogP contribution in [0.5, 0.6) is 0 Å². The van der Waals surface area contributed by atoms with Gasteiger partial charge < -0.3 is 5.32 Å². The van der Waals surface area contributed by atoms with E-state index in [1.165, 1.54) is 12.3 Å². The summed E-state index contributed by atoms with van der Waals surface area (Å²) in [4.78, 5) is 15.9. The van der Waals surface area contributed by atoms with Gasteiger partial charge in [-0.15, -0.1) is 0 Å². The van der Waals surface area contributed by atoms with Gasteiger partial charge in [-0.1, -0.05) is 45.2 Å². The Hall–Kier alpha value is -1.10. The van der Waals surface area contributed by atoms with E-state index in [-0.39, 0.29) is 16.1 Å². The van der Waals surface area contributed by atoms with Crippen LogP contribution in [0.1, 0.15) is 15.9 Å². The third kappa shape index (κ3) is 3.47. The quantitative estimate of drug-likeness (QED) is 0.789. The van der Waals surface area contributed by atoms with Gasteiger partial charge in [0.2, 0.25) is 0 Å². The number of rotatable bonds is 2. The van der Waals surface area contributed by atoms with Gasteiger partial charge in [0.1, 0.15) is 5.15 Å². The van der Waals surface area contributed by atoms with Gasteiger partial charge in [-0.3, -0.25) is 4.79 Å². The lowest BCUT2D eigenvalue weighted by Gasteiger charge is -2.08. The second-order valence-electron chi connectivity index (χ2n) is 3.90. The molecule has 1 amide bonds. The molecule has 2 rings (SSSR count). The molecule has 2 aromatic rings. The van der Waals surface area contributed by atoms with Crippen molar-refractivity contribution in [3.05, 3.63) is 56.2 Å². The van der Waals surface area contributed by atoms with Gasteiger partial charge in [0, 0.05) is 16.4 Å². The fraction of sp³-hybridized carbons (Fsp3) is 0.0769. The summed E-state index contributed by atoms with van der Waals surface area (Å²) in [5.74, 6) is -0.329. The van der Waals surface area contributed by atoms with Crippen LogP contribution in [-0.4, -0.2) is 10.9 Å². The molecule has 1 N–H and O–H groups in total. The van der Waals surface area contributed by atoms with Gasteiger partial charge in [-0.25, -0.2) is 4.98 Å². The summed E-state index contributed by atoms with van der Waals surface area (Å²) in [7, 11) is 0. The van der Waals surface area contributed by atoms with Crippen LogP contribution in [0.3, 0.4) is 0 Å². The van der Waals surface area contributed by atoms with Gasteiger partial charge in [-0.2, -0.15) is 0 Å². The summed E-state index contributed by atoms with van der Waals surface area (Å²) >= 11 is 15.1. The van der Waals surface area contributed by atoms with Gasteiger partial charge in [0.05, 0.1) is 10.6 Å². The fourth-order valence-corrected chi connectivity index (χ4v) is 2.18. The molecular weight excluding hydrogens is 351 g/mol. The number of nitrogens with one attached hydrogen (secondary N) is 1. The molecular formula is C13H9BrCl2N2O. The Morgan fingerprint density at radius 2 is 2.05 bits per heavy atom. The third-order valence-electron chi connectivity index (χ3n) is 2.50. The van der Waals surface area contributed by atoms with Crippen LogP contribution >= 0.6 is 39.1 Å². The molecule has 1 aromatic heterocycles. The Bertz CT molecular complexity index is 647. The summed E-state index contributed by atoms with van der Waals surface area (Å²) in [6, 6.07) is 6.97. The van der Waals surface area contributed by atoms with Gasteiger partial charge in [0.15, 0.2) is 0 Å². The first kappa shape index (κ1) is 14.3. The molecule has 0 bridgehead atoms. The van der Waals surface area contributed by atoms with Gasteiger partial charge in [0.25, 0.3) is 5.91 Å². The smallest absolute Gasteiger partial charge is 0.257 e. The minimum absolute atomic E-state index is 0.222. The van der Waals surface area contributed by atoms with Crippen molar-refractivity contribution in [2.75, 3.05) is 5.32 Å². The van der Waals surface area contributed by atoms with Crippen molar-refractivity contribution in [1.82, 2.24) is 4.98 Å². The van der Waals surface area contributed by atoms with Crippen LogP contribution in [0.4, 0.5) is 5.69 Å². The van der Waals surface area contributed by atoms with Crippen LogP contribution in [0.15, 0.2) is 34.9 Å². The van der Waals surface area contributed by atoms with E-state index in [0.717, 1.165) is 10.0 Å². The standard InChI is InChI=1S/C13H9BrCl2N2O/c1-7-2-3-8(4-10(7)14)18-13(19)9-5-12(16)17-6-11(9)15/h2-6H,1H3,(H,18,19). The van der Waals surface area contributed by atoms with Crippen molar-refractivity contribution in [3.63, 3.8) is 0 Å². The monoisotopic (exact) mass is 358 g/mol. The van der Waals surface area contributed by atoms with Crippen molar-refractivity contribution in [2.24, 2.45) is 0 Å². The fourth-order valence-electron chi connectivity index (χ4n) is 1.46. The van der Waals surface area contributed by atoms with Crippen molar-refractivity contribution < 1.29 is 4.79 Å². The average Bonchev–Trinajstić information content (AvgIpc) is 2.36. The Balaban J connectivity index is 2.25. The van der Waals surface area contributed by atoms with Crippen LogP contribution in [0, 0.1) is 6.92 Å². The number of anilines is 1. The lowest BCUT2D eigenvalue weighted by molar-refractivity contribution is 0.102. The molecule has 1 heterocycles. The Kier molecular flexibility index (Phi) is 4.45. The molecule has 98 valence electrons. The predicted molar refractivity (Wildman–Crippen MR) is 81.1 cm³/mol. The number of hydrogen-bond donors (Lipinski definition) is 1. The zero-order valence-corrected chi connectivity index (χ0v) is 13.0. The van der Waals surface area contributed by atoms with Crippen molar-refractivity contribution in [1.29, 1.82) is 0 Å². The highest BCUT2D eigenvalue weighted by atomic mass is 79.9. The summed E-state index contributed by atoms with van der Waals surface area (Å²) in [6.07, 6.45) is 1.35. The lowest BCUT2D eigenvalue weighted by atomic mass is 10.2. The molecule has 0 unspecified atom stereocenters. The summed E-state index contributed by atoms with van der Waals surface area (Å²) in [5, 5.41) is 3.23. The number of hydrogen-bond acceptors (Lipinski definition) is 2. The molecule has 0 aliphatic heterocycles. The Labute approximate surface area is 129 Å². The van der Waals surface area contributed by atoms with E-state index >= 15 is 0 Å². The topological polar surface area (TPSA) is 42.0 Å². The molecule has 6 heteroatoms. The average molecular weight is 360 g/mol. The van der Waals surface area contributed by atoms with Gasteiger partial charge in [-0.05, 0) is 30.7 Å². The van der Waals surface area contributed by atoms with Crippen LogP contribution < -0.4 is 5.32 Å². The normalized spacial score (nSPS) is 10.3. The zero-order chi connectivity index (χ0) is 14.0. The number of pyridine rings is 1. The Morgan fingerprint density at radius 1 is 1.32 bits per heavy atom. The van der Waals surface area contributed by atoms with E-state index in [1.807, 2.05) is 25.1 Å². The van der Waals surface area contributed by atoms with E-state index < -0.39 is 0 Å². The number of amides is 1. The second kappa shape index (κ2) is 5.90. The minimum Gasteiger partial charge on any atom is -0.322 e. The van der Waals surface area contributed by atoms with Crippen LogP contribution in [-0.2, 0) is 0 Å². The van der Waals surface area contributed by atoms with Crippen molar-refractivity contribution >= 4 is 50.7 Å². The number of halogens is 3. The first-order valence-corrected chi connectivity index (χ1v) is 6.91. The van der Waals surface area contributed by atoms with Crippen LogP contribution in [0.25, 0.3) is 0 Å². The van der Waals surface area contributed by atoms with Crippen molar-refractivity contribution in [3.8, 4) is 0 Å². The SMILES string of the molecule is Cc1ccc(NC(=O)c2cc(Cl)ncc2Cl)cc1Br. The highest BCUT2D eigenvalue weighted by molar-refractivity contribution is 9.10. The molecule has 19 heavy (non-hydrogen) atoms. The molecule has 0 saturated carbocycles. The van der Waals surface area contributed by atoms with E-state index in [9.17, 15) is 4.79 Å². The summed E-state index contributed by atoms with van der Waals surface area (Å²) in [5.41, 5.74) is 2.05. The van der Waals surface area contributed by atoms with E-state index in [4.69, 9.17) is 23.2 Å². The molecule has 0 fully saturated rings. The molecule has 1 aromatic carbocycles. The number of benzene rings is 1. The molecule has 0 saturated heterocycles. The predicted octanol–water partition coefficient (Wildman–Crippen LogP) is 4.71. The maximum Gasteiger partial charge on any atom is 0.257 e. The number of carbonyl (C=O) groups is 1. The van der Waals surface area contributed by atoms with Crippen LogP contribution in [0.2, 0.25) is 10.2 Å². The first-order chi connectivity index (χ1) is 8.97. The highest BCUT2D eigenvalue weighted by Gasteiger charge is 2.12. The largest absolute Gasteiger partial charge is 0.322 e. The molecule has 0 aliphatic carbocycles. The summed E-state index contributed by atoms with van der Waals surface area (Å²) < 4.78 is 0.921. The maximum atomic E-state index is 12.1. The van der Waals surface area contributed by atoms with E-state index in [2.05, 4.69) is 26.2 Å². The van der Waals surface area contributed by atoms with Gasteiger partial charge >= 0.3 is 0 Å². The molecule has 0 spiro atoms. The van der Waals surface area contributed by atoms with Crippen molar-refractivity contribution in [2.45, 2.75) is 6.92 Å². The molecule has 3 nitrogen and oxygen atoms in total. The van der Waals surface area contributed by atoms with E-state index in [0.29, 0.717) is 11.3 Å². The lowest BCUT2D eigenvalue weighted by Crippen LogP contribution is -2.12. The second-order valence-corrected chi connectivity index (χ2v) is 5.55.